The number of aromatic nitrogens is 1. The summed E-state index contributed by atoms with van der Waals surface area (Å²) in [6.07, 6.45) is -3.09. The van der Waals surface area contributed by atoms with E-state index < -0.39 is 36.4 Å². The molecule has 140 valence electrons. The van der Waals surface area contributed by atoms with Gasteiger partial charge in [-0.2, -0.15) is 13.2 Å². The predicted molar refractivity (Wildman–Crippen MR) is 88.7 cm³/mol. The number of aryl methyl sites for hydroxylation is 1. The monoisotopic (exact) mass is 368 g/mol. The summed E-state index contributed by atoms with van der Waals surface area (Å²) < 4.78 is 39.7. The van der Waals surface area contributed by atoms with Crippen LogP contribution in [0.5, 0.6) is 0 Å². The maximum atomic E-state index is 13.2. The number of nitrogens with one attached hydrogen (secondary N) is 1. The van der Waals surface area contributed by atoms with Gasteiger partial charge in [-0.25, -0.2) is 0 Å². The van der Waals surface area contributed by atoms with Crippen LogP contribution in [0.4, 0.5) is 13.2 Å². The van der Waals surface area contributed by atoms with Crippen LogP contribution in [-0.4, -0.2) is 46.1 Å². The first-order valence-corrected chi connectivity index (χ1v) is 8.35. The van der Waals surface area contributed by atoms with E-state index in [1.54, 1.807) is 6.20 Å². The molecule has 1 aromatic heterocycles. The second kappa shape index (κ2) is 6.34. The van der Waals surface area contributed by atoms with E-state index in [2.05, 4.69) is 4.98 Å². The highest BCUT2D eigenvalue weighted by atomic mass is 19.4. The Morgan fingerprint density at radius 2 is 2.04 bits per heavy atom. The number of para-hydroxylation sites is 1. The number of carbonyl (C=O) groups excluding carboxylic acids is 1. The van der Waals surface area contributed by atoms with E-state index in [0.29, 0.717) is 5.56 Å². The largest absolute Gasteiger partial charge is 0.481 e. The van der Waals surface area contributed by atoms with Gasteiger partial charge in [0, 0.05) is 30.2 Å². The highest BCUT2D eigenvalue weighted by Crippen LogP contribution is 2.45. The molecule has 2 N–H and O–H groups in total. The number of alkyl halides is 3. The second-order valence-electron chi connectivity index (χ2n) is 6.63. The third-order valence-corrected chi connectivity index (χ3v) is 5.18. The lowest BCUT2D eigenvalue weighted by Gasteiger charge is -2.27. The van der Waals surface area contributed by atoms with Crippen molar-refractivity contribution in [2.45, 2.75) is 32.4 Å². The van der Waals surface area contributed by atoms with Crippen molar-refractivity contribution in [2.75, 3.05) is 13.1 Å². The van der Waals surface area contributed by atoms with Gasteiger partial charge in [-0.1, -0.05) is 25.1 Å². The molecule has 1 amide bonds. The fourth-order valence-electron chi connectivity index (χ4n) is 3.54. The lowest BCUT2D eigenvalue weighted by Crippen LogP contribution is -2.47. The van der Waals surface area contributed by atoms with Crippen LogP contribution in [0.2, 0.25) is 0 Å². The van der Waals surface area contributed by atoms with Crippen molar-refractivity contribution >= 4 is 22.8 Å². The third kappa shape index (κ3) is 2.83. The standard InChI is InChI=1S/C18H19F3N2O3/c1-2-11-4-3-5-13-12(9-22-15(11)13)8-14(24)23-7-6-17(10-23,16(25)26)18(19,20)21/h3-5,9,22H,2,6-8,10H2,1H3,(H,25,26). The van der Waals surface area contributed by atoms with Gasteiger partial charge in [0.15, 0.2) is 5.41 Å². The average Bonchev–Trinajstić information content (AvgIpc) is 3.19. The summed E-state index contributed by atoms with van der Waals surface area (Å²) in [5, 5.41) is 9.95. The van der Waals surface area contributed by atoms with Crippen molar-refractivity contribution in [1.82, 2.24) is 9.88 Å². The first-order chi connectivity index (χ1) is 12.2. The normalized spacial score (nSPS) is 20.7. The third-order valence-electron chi connectivity index (χ3n) is 5.18. The predicted octanol–water partition coefficient (Wildman–Crippen LogP) is 3.14. The topological polar surface area (TPSA) is 73.4 Å². The molecule has 26 heavy (non-hydrogen) atoms. The minimum Gasteiger partial charge on any atom is -0.481 e. The van der Waals surface area contributed by atoms with E-state index in [4.69, 9.17) is 5.11 Å². The summed E-state index contributed by atoms with van der Waals surface area (Å²) in [5.41, 5.74) is -0.183. The SMILES string of the molecule is CCc1cccc2c(CC(=O)N3CCC(C(=O)O)(C(F)(F)F)C3)c[nH]c12. The number of benzene rings is 1. The Kier molecular flexibility index (Phi) is 4.46. The van der Waals surface area contributed by atoms with Crippen LogP contribution in [0.15, 0.2) is 24.4 Å². The van der Waals surface area contributed by atoms with Gasteiger partial charge in [0.25, 0.3) is 0 Å². The van der Waals surface area contributed by atoms with E-state index >= 15 is 0 Å². The molecule has 1 aliphatic heterocycles. The Hall–Kier alpha value is -2.51. The number of fused-ring (bicyclic) bond motifs is 1. The number of amides is 1. The summed E-state index contributed by atoms with van der Waals surface area (Å²) in [7, 11) is 0. The Bertz CT molecular complexity index is 859. The molecule has 2 aromatic rings. The van der Waals surface area contributed by atoms with Crippen LogP contribution in [0.1, 0.15) is 24.5 Å². The number of carbonyl (C=O) groups is 2. The van der Waals surface area contributed by atoms with E-state index in [9.17, 15) is 22.8 Å². The van der Waals surface area contributed by atoms with E-state index in [1.165, 1.54) is 0 Å². The molecule has 0 aliphatic carbocycles. The van der Waals surface area contributed by atoms with Gasteiger partial charge >= 0.3 is 12.1 Å². The molecule has 0 saturated carbocycles. The number of aliphatic carboxylic acids is 1. The smallest absolute Gasteiger partial charge is 0.406 e. The van der Waals surface area contributed by atoms with E-state index in [0.717, 1.165) is 27.8 Å². The van der Waals surface area contributed by atoms with Crippen LogP contribution < -0.4 is 0 Å². The summed E-state index contributed by atoms with van der Waals surface area (Å²) >= 11 is 0. The first kappa shape index (κ1) is 18.3. The zero-order valence-electron chi connectivity index (χ0n) is 14.2. The maximum absolute atomic E-state index is 13.2. The van der Waals surface area contributed by atoms with Gasteiger partial charge in [-0.05, 0) is 24.0 Å². The molecule has 2 heterocycles. The van der Waals surface area contributed by atoms with Crippen molar-refractivity contribution in [1.29, 1.82) is 0 Å². The lowest BCUT2D eigenvalue weighted by molar-refractivity contribution is -0.227. The molecule has 5 nitrogen and oxygen atoms in total. The van der Waals surface area contributed by atoms with Crippen LogP contribution in [0, 0.1) is 5.41 Å². The van der Waals surface area contributed by atoms with Crippen LogP contribution >= 0.6 is 0 Å². The van der Waals surface area contributed by atoms with Crippen molar-refractivity contribution < 1.29 is 27.9 Å². The molecule has 1 atom stereocenters. The molecule has 1 unspecified atom stereocenters. The first-order valence-electron chi connectivity index (χ1n) is 8.35. The molecule has 1 aliphatic rings. The molecule has 0 bridgehead atoms. The maximum Gasteiger partial charge on any atom is 0.406 e. The van der Waals surface area contributed by atoms with E-state index in [1.807, 2.05) is 25.1 Å². The van der Waals surface area contributed by atoms with E-state index in [-0.39, 0.29) is 13.0 Å². The van der Waals surface area contributed by atoms with Gasteiger partial charge in [0.2, 0.25) is 5.91 Å². The Balaban J connectivity index is 1.81. The molecule has 1 aromatic carbocycles. The summed E-state index contributed by atoms with van der Waals surface area (Å²) in [5.74, 6) is -2.43. The van der Waals surface area contributed by atoms with Crippen LogP contribution in [0.3, 0.4) is 0 Å². The second-order valence-corrected chi connectivity index (χ2v) is 6.63. The number of aromatic amines is 1. The van der Waals surface area contributed by atoms with Gasteiger partial charge in [-0.3, -0.25) is 9.59 Å². The number of halogens is 3. The average molecular weight is 368 g/mol. The quantitative estimate of drug-likeness (QED) is 0.871. The van der Waals surface area contributed by atoms with Crippen molar-refractivity contribution in [3.63, 3.8) is 0 Å². The number of carboxylic acid groups (broad SMARTS) is 1. The Morgan fingerprint density at radius 1 is 1.31 bits per heavy atom. The molecular formula is C18H19F3N2O3. The molecule has 3 rings (SSSR count). The summed E-state index contributed by atoms with van der Waals surface area (Å²) in [6, 6.07) is 5.70. The molecule has 0 radical (unpaired) electrons. The number of H-pyrrole nitrogens is 1. The molecular weight excluding hydrogens is 349 g/mol. The number of rotatable bonds is 4. The number of nitrogens with zero attached hydrogens (tertiary/aromatic N) is 1. The minimum absolute atomic E-state index is 0.0687. The van der Waals surface area contributed by atoms with Crippen molar-refractivity contribution in [3.8, 4) is 0 Å². The molecule has 8 heteroatoms. The van der Waals surface area contributed by atoms with Crippen molar-refractivity contribution in [3.05, 3.63) is 35.5 Å². The number of likely N-dealkylation sites (tertiary alicyclic amines) is 1. The van der Waals surface area contributed by atoms with Crippen molar-refractivity contribution in [2.24, 2.45) is 5.41 Å². The lowest BCUT2D eigenvalue weighted by atomic mass is 9.86. The van der Waals surface area contributed by atoms with Gasteiger partial charge < -0.3 is 15.0 Å². The summed E-state index contributed by atoms with van der Waals surface area (Å²) in [6.45, 7) is 0.952. The number of hydrogen-bond acceptors (Lipinski definition) is 2. The highest BCUT2D eigenvalue weighted by molar-refractivity contribution is 5.91. The van der Waals surface area contributed by atoms with Gasteiger partial charge in [-0.15, -0.1) is 0 Å². The Morgan fingerprint density at radius 3 is 2.62 bits per heavy atom. The summed E-state index contributed by atoms with van der Waals surface area (Å²) in [4.78, 5) is 27.9. The fraction of sp³-hybridized carbons (Fsp3) is 0.444. The minimum atomic E-state index is -4.90. The molecule has 1 fully saturated rings. The van der Waals surface area contributed by atoms with Gasteiger partial charge in [0.1, 0.15) is 0 Å². The zero-order valence-corrected chi connectivity index (χ0v) is 14.2. The number of hydrogen-bond donors (Lipinski definition) is 2. The number of carboxylic acids is 1. The molecule has 0 spiro atoms. The zero-order chi connectivity index (χ0) is 19.1. The molecule has 1 saturated heterocycles. The van der Waals surface area contributed by atoms with Crippen LogP contribution in [0.25, 0.3) is 10.9 Å². The highest BCUT2D eigenvalue weighted by Gasteiger charge is 2.64. The Labute approximate surface area is 147 Å². The van der Waals surface area contributed by atoms with Gasteiger partial charge in [0.05, 0.1) is 6.42 Å². The fourth-order valence-corrected chi connectivity index (χ4v) is 3.54. The van der Waals surface area contributed by atoms with Crippen LogP contribution in [-0.2, 0) is 22.4 Å².